The summed E-state index contributed by atoms with van der Waals surface area (Å²) >= 11 is 0. The molecule has 1 aliphatic heterocycles. The molecule has 0 aromatic heterocycles. The number of nitrogens with one attached hydrogen (secondary N) is 1. The molecule has 1 saturated heterocycles. The first-order valence-corrected chi connectivity index (χ1v) is 8.46. The third kappa shape index (κ3) is 3.61. The summed E-state index contributed by atoms with van der Waals surface area (Å²) in [7, 11) is 2.04. The average molecular weight is 319 g/mol. The van der Waals surface area contributed by atoms with E-state index in [0.29, 0.717) is 12.6 Å². The van der Waals surface area contributed by atoms with E-state index in [9.17, 15) is 9.90 Å². The van der Waals surface area contributed by atoms with Crippen LogP contribution in [-0.2, 0) is 0 Å². The Hall–Kier alpha value is -1.75. The fraction of sp³-hybridized carbons (Fsp3) is 0.611. The van der Waals surface area contributed by atoms with Gasteiger partial charge in [-0.15, -0.1) is 0 Å². The molecular formula is C18H29N3O2. The van der Waals surface area contributed by atoms with E-state index in [1.54, 1.807) is 4.90 Å². The molecule has 2 N–H and O–H groups in total. The van der Waals surface area contributed by atoms with E-state index in [1.807, 2.05) is 38.2 Å². The van der Waals surface area contributed by atoms with Crippen LogP contribution in [0.1, 0.15) is 40.0 Å². The molecule has 0 bridgehead atoms. The molecule has 0 radical (unpaired) electrons. The van der Waals surface area contributed by atoms with Crippen LogP contribution in [0, 0.1) is 0 Å². The zero-order valence-corrected chi connectivity index (χ0v) is 14.7. The van der Waals surface area contributed by atoms with Crippen molar-refractivity contribution in [2.75, 3.05) is 30.4 Å². The van der Waals surface area contributed by atoms with Crippen LogP contribution in [0.3, 0.4) is 0 Å². The SMILES string of the molecule is CCC1(CO)CCCN1C(=O)Nc1cccc(N(C)C(C)C)c1. The Bertz CT molecular complexity index is 541. The molecule has 23 heavy (non-hydrogen) atoms. The second kappa shape index (κ2) is 7.21. The van der Waals surface area contributed by atoms with Crippen LogP contribution in [0.15, 0.2) is 24.3 Å². The van der Waals surface area contributed by atoms with Gasteiger partial charge in [0.25, 0.3) is 0 Å². The highest BCUT2D eigenvalue weighted by atomic mass is 16.3. The molecule has 1 fully saturated rings. The first-order valence-electron chi connectivity index (χ1n) is 8.46. The Morgan fingerprint density at radius 3 is 2.83 bits per heavy atom. The number of aliphatic hydroxyl groups excluding tert-OH is 1. The Kier molecular flexibility index (Phi) is 5.52. The van der Waals surface area contributed by atoms with Gasteiger partial charge in [0.2, 0.25) is 0 Å². The summed E-state index contributed by atoms with van der Waals surface area (Å²) in [6.45, 7) is 7.01. The number of urea groups is 1. The van der Waals surface area contributed by atoms with Crippen molar-refractivity contribution in [2.45, 2.75) is 51.6 Å². The number of aliphatic hydroxyl groups is 1. The first-order chi connectivity index (χ1) is 10.9. The molecule has 0 aliphatic carbocycles. The third-order valence-electron chi connectivity index (χ3n) is 5.07. The third-order valence-corrected chi connectivity index (χ3v) is 5.07. The number of hydrogen-bond acceptors (Lipinski definition) is 3. The molecule has 128 valence electrons. The van der Waals surface area contributed by atoms with Gasteiger partial charge in [-0.05, 0) is 51.3 Å². The van der Waals surface area contributed by atoms with Crippen LogP contribution in [0.5, 0.6) is 0 Å². The molecule has 1 aliphatic rings. The van der Waals surface area contributed by atoms with Crippen molar-refractivity contribution in [3.05, 3.63) is 24.3 Å². The van der Waals surface area contributed by atoms with Gasteiger partial charge in [0, 0.05) is 31.0 Å². The summed E-state index contributed by atoms with van der Waals surface area (Å²) in [5, 5.41) is 12.7. The zero-order valence-electron chi connectivity index (χ0n) is 14.7. The van der Waals surface area contributed by atoms with Gasteiger partial charge in [0.05, 0.1) is 12.1 Å². The molecule has 5 nitrogen and oxygen atoms in total. The van der Waals surface area contributed by atoms with Crippen LogP contribution in [0.2, 0.25) is 0 Å². The number of carbonyl (C=O) groups excluding carboxylic acids is 1. The predicted molar refractivity (Wildman–Crippen MR) is 95.0 cm³/mol. The zero-order chi connectivity index (χ0) is 17.0. The van der Waals surface area contributed by atoms with Crippen molar-refractivity contribution in [3.8, 4) is 0 Å². The van der Waals surface area contributed by atoms with Crippen LogP contribution in [0.25, 0.3) is 0 Å². The number of rotatable bonds is 5. The minimum Gasteiger partial charge on any atom is -0.394 e. The molecule has 1 heterocycles. The first kappa shape index (κ1) is 17.6. The molecule has 5 heteroatoms. The van der Waals surface area contributed by atoms with Crippen LogP contribution in [-0.4, -0.2) is 47.8 Å². The minimum atomic E-state index is -0.406. The number of nitrogens with zero attached hydrogens (tertiary/aromatic N) is 2. The highest BCUT2D eigenvalue weighted by Gasteiger charge is 2.41. The number of likely N-dealkylation sites (tertiary alicyclic amines) is 1. The van der Waals surface area contributed by atoms with Crippen LogP contribution >= 0.6 is 0 Å². The number of amides is 2. The van der Waals surface area contributed by atoms with Crippen molar-refractivity contribution in [3.63, 3.8) is 0 Å². The van der Waals surface area contributed by atoms with Gasteiger partial charge in [-0.1, -0.05) is 13.0 Å². The average Bonchev–Trinajstić information content (AvgIpc) is 2.99. The fourth-order valence-corrected chi connectivity index (χ4v) is 3.19. The van der Waals surface area contributed by atoms with Crippen molar-refractivity contribution in [1.29, 1.82) is 0 Å². The van der Waals surface area contributed by atoms with Gasteiger partial charge in [0.15, 0.2) is 0 Å². The van der Waals surface area contributed by atoms with Gasteiger partial charge in [-0.3, -0.25) is 0 Å². The maximum absolute atomic E-state index is 12.7. The van der Waals surface area contributed by atoms with E-state index in [2.05, 4.69) is 24.1 Å². The quantitative estimate of drug-likeness (QED) is 0.875. The van der Waals surface area contributed by atoms with Crippen molar-refractivity contribution in [1.82, 2.24) is 4.90 Å². The fourth-order valence-electron chi connectivity index (χ4n) is 3.19. The largest absolute Gasteiger partial charge is 0.394 e. The topological polar surface area (TPSA) is 55.8 Å². The van der Waals surface area contributed by atoms with Gasteiger partial charge in [0.1, 0.15) is 0 Å². The van der Waals surface area contributed by atoms with E-state index in [0.717, 1.165) is 30.6 Å². The van der Waals surface area contributed by atoms with Gasteiger partial charge >= 0.3 is 6.03 Å². The lowest BCUT2D eigenvalue weighted by Gasteiger charge is -2.36. The Morgan fingerprint density at radius 1 is 1.48 bits per heavy atom. The molecule has 2 rings (SSSR count). The van der Waals surface area contributed by atoms with Gasteiger partial charge in [-0.2, -0.15) is 0 Å². The van der Waals surface area contributed by atoms with Crippen molar-refractivity contribution < 1.29 is 9.90 Å². The molecule has 2 amide bonds. The summed E-state index contributed by atoms with van der Waals surface area (Å²) in [4.78, 5) is 16.6. The molecule has 1 unspecified atom stereocenters. The van der Waals surface area contributed by atoms with Crippen LogP contribution in [0.4, 0.5) is 16.2 Å². The summed E-state index contributed by atoms with van der Waals surface area (Å²) in [6, 6.07) is 8.14. The van der Waals surface area contributed by atoms with Crippen molar-refractivity contribution in [2.24, 2.45) is 0 Å². The maximum atomic E-state index is 12.7. The molecule has 1 aromatic carbocycles. The minimum absolute atomic E-state index is 0.0209. The highest BCUT2D eigenvalue weighted by Crippen LogP contribution is 2.32. The smallest absolute Gasteiger partial charge is 0.322 e. The molecule has 0 spiro atoms. The lowest BCUT2D eigenvalue weighted by molar-refractivity contribution is 0.0867. The second-order valence-corrected chi connectivity index (χ2v) is 6.68. The summed E-state index contributed by atoms with van der Waals surface area (Å²) < 4.78 is 0. The van der Waals surface area contributed by atoms with E-state index in [-0.39, 0.29) is 12.6 Å². The standard InChI is InChI=1S/C18H29N3O2/c1-5-18(13-22)10-7-11-21(18)17(23)19-15-8-6-9-16(12-15)20(4)14(2)3/h6,8-9,12,14,22H,5,7,10-11,13H2,1-4H3,(H,19,23). The normalized spacial score (nSPS) is 20.9. The molecule has 1 atom stereocenters. The van der Waals surface area contributed by atoms with Crippen LogP contribution < -0.4 is 10.2 Å². The van der Waals surface area contributed by atoms with E-state index in [4.69, 9.17) is 0 Å². The Labute approximate surface area is 139 Å². The number of anilines is 2. The summed E-state index contributed by atoms with van der Waals surface area (Å²) in [5.74, 6) is 0. The Morgan fingerprint density at radius 2 is 2.22 bits per heavy atom. The second-order valence-electron chi connectivity index (χ2n) is 6.68. The molecule has 1 aromatic rings. The Balaban J connectivity index is 2.13. The molecule has 0 saturated carbocycles. The van der Waals surface area contributed by atoms with E-state index < -0.39 is 5.54 Å². The molecular weight excluding hydrogens is 290 g/mol. The lowest BCUT2D eigenvalue weighted by Crippen LogP contribution is -2.51. The summed E-state index contributed by atoms with van der Waals surface area (Å²) in [6.07, 6.45) is 2.58. The number of benzene rings is 1. The highest BCUT2D eigenvalue weighted by molar-refractivity contribution is 5.90. The summed E-state index contributed by atoms with van der Waals surface area (Å²) in [5.41, 5.74) is 1.45. The van der Waals surface area contributed by atoms with Gasteiger partial charge < -0.3 is 20.2 Å². The predicted octanol–water partition coefficient (Wildman–Crippen LogP) is 3.30. The number of carbonyl (C=O) groups is 1. The van der Waals surface area contributed by atoms with Crippen molar-refractivity contribution >= 4 is 17.4 Å². The monoisotopic (exact) mass is 319 g/mol. The number of hydrogen-bond donors (Lipinski definition) is 2. The van der Waals surface area contributed by atoms with E-state index in [1.165, 1.54) is 0 Å². The lowest BCUT2D eigenvalue weighted by atomic mass is 9.94. The van der Waals surface area contributed by atoms with E-state index >= 15 is 0 Å². The van der Waals surface area contributed by atoms with Gasteiger partial charge in [-0.25, -0.2) is 4.79 Å². The maximum Gasteiger partial charge on any atom is 0.322 e.